The van der Waals surface area contributed by atoms with E-state index in [0.29, 0.717) is 21.9 Å². The van der Waals surface area contributed by atoms with Gasteiger partial charge in [-0.1, -0.05) is 30.3 Å². The highest BCUT2D eigenvalue weighted by atomic mass is 32.1. The minimum Gasteiger partial charge on any atom is -0.484 e. The standard InChI is InChI=1S/C27H28N2O4S/c1-18-24(27(32)29-15-7-4-8-16-29)26(34-25(18)21-9-5-3-6-10-21)28-23(31)17-33-22-13-11-20(12-14-22)19(2)30/h3,5-6,9-14H,4,7-8,15-17H2,1-2H3,(H,28,31). The second-order valence-corrected chi connectivity index (χ2v) is 9.42. The zero-order valence-corrected chi connectivity index (χ0v) is 20.2. The molecule has 0 saturated carbocycles. The van der Waals surface area contributed by atoms with E-state index in [1.807, 2.05) is 42.2 Å². The Hall–Kier alpha value is -3.45. The molecule has 0 bridgehead atoms. The molecule has 176 valence electrons. The van der Waals surface area contributed by atoms with Gasteiger partial charge in [0.15, 0.2) is 12.4 Å². The van der Waals surface area contributed by atoms with Gasteiger partial charge in [-0.15, -0.1) is 11.3 Å². The Morgan fingerprint density at radius 2 is 1.65 bits per heavy atom. The molecular weight excluding hydrogens is 448 g/mol. The molecule has 2 heterocycles. The summed E-state index contributed by atoms with van der Waals surface area (Å²) in [5, 5.41) is 3.46. The summed E-state index contributed by atoms with van der Waals surface area (Å²) < 4.78 is 5.60. The number of carbonyl (C=O) groups is 3. The monoisotopic (exact) mass is 476 g/mol. The van der Waals surface area contributed by atoms with Crippen LogP contribution in [0.15, 0.2) is 54.6 Å². The van der Waals surface area contributed by atoms with Crippen molar-refractivity contribution in [3.05, 3.63) is 71.3 Å². The number of carbonyl (C=O) groups excluding carboxylic acids is 3. The second kappa shape index (κ2) is 10.7. The predicted molar refractivity (Wildman–Crippen MR) is 135 cm³/mol. The van der Waals surface area contributed by atoms with Crippen LogP contribution >= 0.6 is 11.3 Å². The molecule has 0 spiro atoms. The number of nitrogens with zero attached hydrogens (tertiary/aromatic N) is 1. The fraction of sp³-hybridized carbons (Fsp3) is 0.296. The Balaban J connectivity index is 1.54. The third kappa shape index (κ3) is 5.37. The van der Waals surface area contributed by atoms with E-state index in [1.165, 1.54) is 18.3 Å². The molecule has 2 amide bonds. The highest BCUT2D eigenvalue weighted by molar-refractivity contribution is 7.20. The van der Waals surface area contributed by atoms with Gasteiger partial charge in [0.2, 0.25) is 0 Å². The zero-order chi connectivity index (χ0) is 24.1. The lowest BCUT2D eigenvalue weighted by atomic mass is 10.0. The Morgan fingerprint density at radius 1 is 0.971 bits per heavy atom. The van der Waals surface area contributed by atoms with Gasteiger partial charge >= 0.3 is 0 Å². The molecule has 7 heteroatoms. The summed E-state index contributed by atoms with van der Waals surface area (Å²) in [5.74, 6) is 0.0884. The van der Waals surface area contributed by atoms with E-state index < -0.39 is 0 Å². The van der Waals surface area contributed by atoms with Crippen molar-refractivity contribution in [1.82, 2.24) is 4.90 Å². The van der Waals surface area contributed by atoms with Crippen LogP contribution in [-0.4, -0.2) is 42.2 Å². The van der Waals surface area contributed by atoms with Crippen molar-refractivity contribution < 1.29 is 19.1 Å². The highest BCUT2D eigenvalue weighted by Crippen LogP contribution is 2.40. The average molecular weight is 477 g/mol. The largest absolute Gasteiger partial charge is 0.484 e. The maximum Gasteiger partial charge on any atom is 0.262 e. The van der Waals surface area contributed by atoms with Gasteiger partial charge in [-0.2, -0.15) is 0 Å². The maximum absolute atomic E-state index is 13.5. The summed E-state index contributed by atoms with van der Waals surface area (Å²) >= 11 is 1.41. The molecule has 0 aliphatic carbocycles. The van der Waals surface area contributed by atoms with Crippen molar-refractivity contribution in [2.24, 2.45) is 0 Å². The Bertz CT molecular complexity index is 1180. The smallest absolute Gasteiger partial charge is 0.262 e. The molecule has 2 aromatic carbocycles. The summed E-state index contributed by atoms with van der Waals surface area (Å²) in [6, 6.07) is 16.6. The van der Waals surface area contributed by atoms with Crippen LogP contribution < -0.4 is 10.1 Å². The zero-order valence-electron chi connectivity index (χ0n) is 19.4. The van der Waals surface area contributed by atoms with Gasteiger partial charge in [-0.05, 0) is 68.5 Å². The van der Waals surface area contributed by atoms with E-state index in [4.69, 9.17) is 4.74 Å². The Labute approximate surface area is 203 Å². The summed E-state index contributed by atoms with van der Waals surface area (Å²) in [6.07, 6.45) is 3.13. The average Bonchev–Trinajstić information content (AvgIpc) is 3.19. The minimum atomic E-state index is -0.343. The fourth-order valence-corrected chi connectivity index (χ4v) is 5.30. The quantitative estimate of drug-likeness (QED) is 0.453. The van der Waals surface area contributed by atoms with E-state index in [0.717, 1.165) is 48.4 Å². The van der Waals surface area contributed by atoms with Crippen molar-refractivity contribution in [3.8, 4) is 16.2 Å². The first kappa shape index (κ1) is 23.7. The van der Waals surface area contributed by atoms with Crippen LogP contribution in [-0.2, 0) is 4.79 Å². The molecule has 1 aliphatic rings. The summed E-state index contributed by atoms with van der Waals surface area (Å²) in [4.78, 5) is 40.5. The maximum atomic E-state index is 13.5. The number of anilines is 1. The number of hydrogen-bond acceptors (Lipinski definition) is 5. The Kier molecular flexibility index (Phi) is 7.43. The molecule has 0 unspecified atom stereocenters. The summed E-state index contributed by atoms with van der Waals surface area (Å²) in [7, 11) is 0. The van der Waals surface area contributed by atoms with Gasteiger partial charge in [0.05, 0.1) is 5.56 Å². The van der Waals surface area contributed by atoms with Crippen LogP contribution in [0.1, 0.15) is 52.5 Å². The number of rotatable bonds is 7. The van der Waals surface area contributed by atoms with Crippen LogP contribution in [0, 0.1) is 6.92 Å². The topological polar surface area (TPSA) is 75.7 Å². The lowest BCUT2D eigenvalue weighted by molar-refractivity contribution is -0.118. The molecule has 0 radical (unpaired) electrons. The molecule has 6 nitrogen and oxygen atoms in total. The van der Waals surface area contributed by atoms with Gasteiger partial charge in [0.1, 0.15) is 10.8 Å². The number of nitrogens with one attached hydrogen (secondary N) is 1. The first-order chi connectivity index (χ1) is 16.4. The van der Waals surface area contributed by atoms with Crippen LogP contribution in [0.3, 0.4) is 0 Å². The molecular formula is C27H28N2O4S. The lowest BCUT2D eigenvalue weighted by Crippen LogP contribution is -2.36. The van der Waals surface area contributed by atoms with E-state index >= 15 is 0 Å². The molecule has 1 aromatic heterocycles. The molecule has 1 saturated heterocycles. The number of ketones is 1. The number of hydrogen-bond donors (Lipinski definition) is 1. The first-order valence-electron chi connectivity index (χ1n) is 11.5. The number of likely N-dealkylation sites (tertiary alicyclic amines) is 1. The number of amides is 2. The number of benzene rings is 2. The third-order valence-electron chi connectivity index (χ3n) is 5.92. The van der Waals surface area contributed by atoms with Gasteiger partial charge in [0, 0.05) is 23.5 Å². The van der Waals surface area contributed by atoms with Crippen LogP contribution in [0.2, 0.25) is 0 Å². The number of thiophene rings is 1. The number of Topliss-reactive ketones (excluding diaryl/α,β-unsaturated/α-hetero) is 1. The summed E-state index contributed by atoms with van der Waals surface area (Å²) in [5.41, 5.74) is 3.04. The Morgan fingerprint density at radius 3 is 2.29 bits per heavy atom. The van der Waals surface area contributed by atoms with Gasteiger partial charge in [-0.25, -0.2) is 0 Å². The van der Waals surface area contributed by atoms with E-state index in [2.05, 4.69) is 5.32 Å². The molecule has 0 atom stereocenters. The first-order valence-corrected chi connectivity index (χ1v) is 12.3. The van der Waals surface area contributed by atoms with Gasteiger partial charge in [0.25, 0.3) is 11.8 Å². The highest BCUT2D eigenvalue weighted by Gasteiger charge is 2.27. The van der Waals surface area contributed by atoms with Crippen molar-refractivity contribution in [2.45, 2.75) is 33.1 Å². The normalized spacial score (nSPS) is 13.4. The second-order valence-electron chi connectivity index (χ2n) is 8.40. The molecule has 3 aromatic rings. The van der Waals surface area contributed by atoms with Crippen molar-refractivity contribution >= 4 is 33.9 Å². The molecule has 34 heavy (non-hydrogen) atoms. The number of piperidine rings is 1. The molecule has 1 N–H and O–H groups in total. The van der Waals surface area contributed by atoms with Gasteiger partial charge < -0.3 is 15.0 Å². The van der Waals surface area contributed by atoms with E-state index in [9.17, 15) is 14.4 Å². The van der Waals surface area contributed by atoms with E-state index in [-0.39, 0.29) is 24.2 Å². The predicted octanol–water partition coefficient (Wildman–Crippen LogP) is 5.57. The molecule has 1 fully saturated rings. The van der Waals surface area contributed by atoms with Gasteiger partial charge in [-0.3, -0.25) is 14.4 Å². The lowest BCUT2D eigenvalue weighted by Gasteiger charge is -2.27. The van der Waals surface area contributed by atoms with Crippen molar-refractivity contribution in [3.63, 3.8) is 0 Å². The fourth-order valence-electron chi connectivity index (χ4n) is 4.08. The van der Waals surface area contributed by atoms with E-state index in [1.54, 1.807) is 24.3 Å². The van der Waals surface area contributed by atoms with Crippen LogP contribution in [0.25, 0.3) is 10.4 Å². The SMILES string of the molecule is CC(=O)c1ccc(OCC(=O)Nc2sc(-c3ccccc3)c(C)c2C(=O)N2CCCCC2)cc1. The minimum absolute atomic E-state index is 0.0301. The molecule has 4 rings (SSSR count). The summed E-state index contributed by atoms with van der Waals surface area (Å²) in [6.45, 7) is 4.72. The number of ether oxygens (including phenoxy) is 1. The van der Waals surface area contributed by atoms with Crippen molar-refractivity contribution in [2.75, 3.05) is 25.0 Å². The molecule has 1 aliphatic heterocycles. The van der Waals surface area contributed by atoms with Crippen LogP contribution in [0.4, 0.5) is 5.00 Å². The van der Waals surface area contributed by atoms with Crippen molar-refractivity contribution in [1.29, 1.82) is 0 Å². The van der Waals surface area contributed by atoms with Crippen LogP contribution in [0.5, 0.6) is 5.75 Å². The third-order valence-corrected chi connectivity index (χ3v) is 7.18.